The Hall–Kier alpha value is -4.22. The zero-order chi connectivity index (χ0) is 22.1. The number of fused-ring (bicyclic) bond motifs is 1. The molecule has 5 rings (SSSR count). The van der Waals surface area contributed by atoms with E-state index in [4.69, 9.17) is 10.00 Å². The van der Waals surface area contributed by atoms with Gasteiger partial charge in [0.2, 0.25) is 5.78 Å². The van der Waals surface area contributed by atoms with Gasteiger partial charge in [0.05, 0.1) is 42.3 Å². The Morgan fingerprint density at radius 1 is 1.00 bits per heavy atom. The predicted molar refractivity (Wildman–Crippen MR) is 117 cm³/mol. The average Bonchev–Trinajstić information content (AvgIpc) is 3.27. The number of benzene rings is 2. The topological polar surface area (TPSA) is 104 Å². The number of phenolic OH excluding ortho intramolecular Hbond substituents is 1. The minimum absolute atomic E-state index is 0.0722. The first-order valence-electron chi connectivity index (χ1n) is 10.2. The Morgan fingerprint density at radius 2 is 1.72 bits per heavy atom. The number of amides is 1. The van der Waals surface area contributed by atoms with Crippen LogP contribution in [0.4, 0.5) is 0 Å². The maximum Gasteiger partial charge on any atom is 0.257 e. The van der Waals surface area contributed by atoms with Crippen LogP contribution in [0.1, 0.15) is 15.9 Å². The van der Waals surface area contributed by atoms with Crippen LogP contribution in [0.2, 0.25) is 0 Å². The fourth-order valence-corrected chi connectivity index (χ4v) is 3.78. The molecule has 0 radical (unpaired) electrons. The number of carbonyl (C=O) groups excluding carboxylic acids is 1. The normalized spacial score (nSPS) is 13.8. The van der Waals surface area contributed by atoms with Crippen molar-refractivity contribution in [3.05, 3.63) is 72.2 Å². The quantitative estimate of drug-likeness (QED) is 0.541. The summed E-state index contributed by atoms with van der Waals surface area (Å²) in [5.74, 6) is 0.261. The van der Waals surface area contributed by atoms with Gasteiger partial charge >= 0.3 is 0 Å². The number of nitriles is 1. The van der Waals surface area contributed by atoms with Crippen LogP contribution in [-0.2, 0) is 4.74 Å². The van der Waals surface area contributed by atoms with Crippen molar-refractivity contribution in [1.29, 1.82) is 5.26 Å². The van der Waals surface area contributed by atoms with Crippen molar-refractivity contribution in [3.8, 4) is 34.2 Å². The highest BCUT2D eigenvalue weighted by Gasteiger charge is 2.21. The van der Waals surface area contributed by atoms with Gasteiger partial charge in [-0.25, -0.2) is 9.97 Å². The largest absolute Gasteiger partial charge is 0.507 e. The second-order valence-corrected chi connectivity index (χ2v) is 7.48. The third-order valence-electron chi connectivity index (χ3n) is 5.53. The van der Waals surface area contributed by atoms with E-state index in [0.29, 0.717) is 37.6 Å². The average molecular weight is 425 g/mol. The zero-order valence-electron chi connectivity index (χ0n) is 17.1. The maximum atomic E-state index is 12.7. The van der Waals surface area contributed by atoms with E-state index < -0.39 is 0 Å². The number of rotatable bonds is 3. The first-order chi connectivity index (χ1) is 15.6. The standard InChI is InChI=1S/C24H19N5O3/c25-12-16-1-3-17(4-2-16)21-14-27-24-26-13-19(15-29(21)24)18-5-6-20(22(30)11-18)23(31)28-7-9-32-10-8-28/h1-6,11,13-15,30H,7-10H2. The molecule has 158 valence electrons. The van der Waals surface area contributed by atoms with Gasteiger partial charge in [-0.3, -0.25) is 9.20 Å². The van der Waals surface area contributed by atoms with E-state index in [1.807, 2.05) is 22.7 Å². The Kier molecular flexibility index (Phi) is 5.01. The lowest BCUT2D eigenvalue weighted by Crippen LogP contribution is -2.40. The zero-order valence-corrected chi connectivity index (χ0v) is 17.1. The minimum Gasteiger partial charge on any atom is -0.507 e. The van der Waals surface area contributed by atoms with E-state index in [2.05, 4.69) is 16.0 Å². The van der Waals surface area contributed by atoms with E-state index >= 15 is 0 Å². The summed E-state index contributed by atoms with van der Waals surface area (Å²) in [4.78, 5) is 23.2. The maximum absolute atomic E-state index is 12.7. The third-order valence-corrected chi connectivity index (χ3v) is 5.53. The molecule has 0 bridgehead atoms. The van der Waals surface area contributed by atoms with Crippen molar-refractivity contribution in [2.45, 2.75) is 0 Å². The molecular weight excluding hydrogens is 406 g/mol. The number of phenols is 1. The summed E-state index contributed by atoms with van der Waals surface area (Å²) in [6, 6.07) is 14.4. The smallest absolute Gasteiger partial charge is 0.257 e. The number of hydrogen-bond acceptors (Lipinski definition) is 6. The lowest BCUT2D eigenvalue weighted by molar-refractivity contribution is 0.0301. The number of nitrogens with zero attached hydrogens (tertiary/aromatic N) is 5. The highest BCUT2D eigenvalue weighted by Crippen LogP contribution is 2.29. The molecule has 1 amide bonds. The molecule has 1 N–H and O–H groups in total. The van der Waals surface area contributed by atoms with Crippen LogP contribution in [0.15, 0.2) is 61.1 Å². The summed E-state index contributed by atoms with van der Waals surface area (Å²) in [5.41, 5.74) is 4.10. The van der Waals surface area contributed by atoms with Crippen LogP contribution in [0.3, 0.4) is 0 Å². The van der Waals surface area contributed by atoms with Crippen molar-refractivity contribution >= 4 is 11.7 Å². The van der Waals surface area contributed by atoms with Gasteiger partial charge < -0.3 is 14.7 Å². The molecule has 4 aromatic rings. The predicted octanol–water partition coefficient (Wildman–Crippen LogP) is 3.11. The van der Waals surface area contributed by atoms with Crippen LogP contribution < -0.4 is 0 Å². The Balaban J connectivity index is 1.48. The van der Waals surface area contributed by atoms with Crippen molar-refractivity contribution in [2.75, 3.05) is 26.3 Å². The minimum atomic E-state index is -0.205. The van der Waals surface area contributed by atoms with Gasteiger partial charge in [0.25, 0.3) is 5.91 Å². The molecular formula is C24H19N5O3. The summed E-state index contributed by atoms with van der Waals surface area (Å²) in [6.07, 6.45) is 5.30. The molecule has 32 heavy (non-hydrogen) atoms. The third kappa shape index (κ3) is 3.55. The molecule has 1 saturated heterocycles. The number of carbonyl (C=O) groups is 1. The molecule has 1 fully saturated rings. The van der Waals surface area contributed by atoms with E-state index in [1.54, 1.807) is 47.6 Å². The molecule has 8 heteroatoms. The van der Waals surface area contributed by atoms with Gasteiger partial charge in [-0.1, -0.05) is 18.2 Å². The van der Waals surface area contributed by atoms with Crippen molar-refractivity contribution < 1.29 is 14.6 Å². The number of aromatic hydroxyl groups is 1. The summed E-state index contributed by atoms with van der Waals surface area (Å²) < 4.78 is 7.15. The van der Waals surface area contributed by atoms with E-state index in [1.165, 1.54) is 0 Å². The SMILES string of the molecule is N#Cc1ccc(-c2cnc3ncc(-c4ccc(C(=O)N5CCOCC5)c(O)c4)cn23)cc1. The monoisotopic (exact) mass is 425 g/mol. The van der Waals surface area contributed by atoms with Crippen LogP contribution in [-0.4, -0.2) is 56.6 Å². The Morgan fingerprint density at radius 3 is 2.44 bits per heavy atom. The first kappa shape index (κ1) is 19.7. The van der Waals surface area contributed by atoms with Gasteiger partial charge in [0.15, 0.2) is 0 Å². The van der Waals surface area contributed by atoms with Crippen LogP contribution in [0.5, 0.6) is 5.75 Å². The number of aromatic nitrogens is 3. The van der Waals surface area contributed by atoms with Crippen LogP contribution >= 0.6 is 0 Å². The summed E-state index contributed by atoms with van der Waals surface area (Å²) in [7, 11) is 0. The number of hydrogen-bond donors (Lipinski definition) is 1. The first-order valence-corrected chi connectivity index (χ1v) is 10.2. The van der Waals surface area contributed by atoms with Gasteiger partial charge in [-0.2, -0.15) is 5.26 Å². The number of imidazole rings is 1. The fourth-order valence-electron chi connectivity index (χ4n) is 3.78. The van der Waals surface area contributed by atoms with E-state index in [9.17, 15) is 9.90 Å². The van der Waals surface area contributed by atoms with Crippen LogP contribution in [0.25, 0.3) is 28.2 Å². The molecule has 0 saturated carbocycles. The lowest BCUT2D eigenvalue weighted by atomic mass is 10.0. The molecule has 0 atom stereocenters. The summed E-state index contributed by atoms with van der Waals surface area (Å²) in [6.45, 7) is 2.03. The van der Waals surface area contributed by atoms with Crippen molar-refractivity contribution in [2.24, 2.45) is 0 Å². The highest BCUT2D eigenvalue weighted by atomic mass is 16.5. The molecule has 2 aromatic heterocycles. The summed E-state index contributed by atoms with van der Waals surface area (Å²) in [5, 5.41) is 19.6. The van der Waals surface area contributed by atoms with Gasteiger partial charge in [0, 0.05) is 36.6 Å². The lowest BCUT2D eigenvalue weighted by Gasteiger charge is -2.27. The van der Waals surface area contributed by atoms with Gasteiger partial charge in [-0.15, -0.1) is 0 Å². The molecule has 2 aromatic carbocycles. The highest BCUT2D eigenvalue weighted by molar-refractivity contribution is 5.97. The van der Waals surface area contributed by atoms with Crippen molar-refractivity contribution in [3.63, 3.8) is 0 Å². The second kappa shape index (κ2) is 8.13. The molecule has 0 aliphatic carbocycles. The molecule has 1 aliphatic heterocycles. The molecule has 3 heterocycles. The fraction of sp³-hybridized carbons (Fsp3) is 0.167. The Labute approximate surface area is 184 Å². The molecule has 1 aliphatic rings. The molecule has 8 nitrogen and oxygen atoms in total. The molecule has 0 unspecified atom stereocenters. The Bertz CT molecular complexity index is 1350. The van der Waals surface area contributed by atoms with Gasteiger partial charge in [0.1, 0.15) is 5.75 Å². The number of morpholine rings is 1. The second-order valence-electron chi connectivity index (χ2n) is 7.48. The van der Waals surface area contributed by atoms with Crippen LogP contribution in [0, 0.1) is 11.3 Å². The molecule has 0 spiro atoms. The number of ether oxygens (including phenoxy) is 1. The van der Waals surface area contributed by atoms with E-state index in [0.717, 1.165) is 22.4 Å². The summed E-state index contributed by atoms with van der Waals surface area (Å²) >= 11 is 0. The van der Waals surface area contributed by atoms with E-state index in [-0.39, 0.29) is 17.2 Å². The van der Waals surface area contributed by atoms with Gasteiger partial charge in [-0.05, 0) is 29.8 Å². The van der Waals surface area contributed by atoms with Crippen molar-refractivity contribution in [1.82, 2.24) is 19.3 Å².